The van der Waals surface area contributed by atoms with E-state index in [1.54, 1.807) is 19.4 Å². The van der Waals surface area contributed by atoms with Crippen LogP contribution in [0.5, 0.6) is 0 Å². The molecule has 0 radical (unpaired) electrons. The van der Waals surface area contributed by atoms with Crippen LogP contribution in [0.3, 0.4) is 0 Å². The van der Waals surface area contributed by atoms with E-state index in [-0.39, 0.29) is 18.1 Å². The Morgan fingerprint density at radius 1 is 1.58 bits per heavy atom. The molecule has 0 aromatic carbocycles. The van der Waals surface area contributed by atoms with Gasteiger partial charge >= 0.3 is 5.69 Å². The van der Waals surface area contributed by atoms with Crippen molar-refractivity contribution in [1.82, 2.24) is 24.9 Å². The summed E-state index contributed by atoms with van der Waals surface area (Å²) < 4.78 is 1.24. The minimum atomic E-state index is -0.552. The summed E-state index contributed by atoms with van der Waals surface area (Å²) in [7, 11) is 1.65. The first-order valence-corrected chi connectivity index (χ1v) is 5.44. The summed E-state index contributed by atoms with van der Waals surface area (Å²) in [6.45, 7) is 0.376. The summed E-state index contributed by atoms with van der Waals surface area (Å²) in [6.07, 6.45) is 5.66. The van der Waals surface area contributed by atoms with Crippen LogP contribution in [0.25, 0.3) is 0 Å². The van der Waals surface area contributed by atoms with Gasteiger partial charge in [0.2, 0.25) is 5.91 Å². The van der Waals surface area contributed by atoms with Gasteiger partial charge in [-0.1, -0.05) is 0 Å². The average Bonchev–Trinajstić information content (AvgIpc) is 2.99. The lowest BCUT2D eigenvalue weighted by Crippen LogP contribution is -2.29. The van der Waals surface area contributed by atoms with E-state index in [0.29, 0.717) is 6.54 Å². The van der Waals surface area contributed by atoms with Crippen LogP contribution in [0.15, 0.2) is 24.8 Å². The molecule has 2 rings (SSSR count). The molecule has 0 aliphatic heterocycles. The van der Waals surface area contributed by atoms with Crippen LogP contribution < -0.4 is 0 Å². The SMILES string of the molecule is CN(Cc1cn[nH]c1)C(=O)Cn1cc([N+](=O)[O-])cn1. The van der Waals surface area contributed by atoms with E-state index in [0.717, 1.165) is 11.8 Å². The van der Waals surface area contributed by atoms with Crippen molar-refractivity contribution >= 4 is 11.6 Å². The van der Waals surface area contributed by atoms with Crippen LogP contribution in [0.2, 0.25) is 0 Å². The minimum absolute atomic E-state index is 0.0395. The molecule has 0 bridgehead atoms. The maximum atomic E-state index is 11.9. The molecular formula is C10H12N6O3. The van der Waals surface area contributed by atoms with Crippen LogP contribution in [0.4, 0.5) is 5.69 Å². The van der Waals surface area contributed by atoms with Crippen LogP contribution in [0, 0.1) is 10.1 Å². The third kappa shape index (κ3) is 3.15. The monoisotopic (exact) mass is 264 g/mol. The highest BCUT2D eigenvalue weighted by molar-refractivity contribution is 5.75. The molecule has 0 aliphatic rings. The molecule has 2 heterocycles. The van der Waals surface area contributed by atoms with Gasteiger partial charge in [0.05, 0.1) is 11.1 Å². The Morgan fingerprint density at radius 2 is 2.37 bits per heavy atom. The Morgan fingerprint density at radius 3 is 2.95 bits per heavy atom. The van der Waals surface area contributed by atoms with E-state index < -0.39 is 4.92 Å². The molecule has 0 saturated heterocycles. The van der Waals surface area contributed by atoms with Crippen LogP contribution in [-0.2, 0) is 17.9 Å². The zero-order chi connectivity index (χ0) is 13.8. The molecule has 0 atom stereocenters. The number of carbonyl (C=O) groups excluding carboxylic acids is 1. The number of aromatic nitrogens is 4. The smallest absolute Gasteiger partial charge is 0.307 e. The van der Waals surface area contributed by atoms with Crippen molar-refractivity contribution in [3.63, 3.8) is 0 Å². The fourth-order valence-corrected chi connectivity index (χ4v) is 1.52. The number of hydrogen-bond acceptors (Lipinski definition) is 5. The summed E-state index contributed by atoms with van der Waals surface area (Å²) in [6, 6.07) is 0. The molecule has 0 fully saturated rings. The molecule has 2 aromatic rings. The van der Waals surface area contributed by atoms with Crippen LogP contribution in [-0.4, -0.2) is 42.8 Å². The lowest BCUT2D eigenvalue weighted by atomic mass is 10.3. The number of nitrogens with one attached hydrogen (secondary N) is 1. The summed E-state index contributed by atoms with van der Waals surface area (Å²) in [4.78, 5) is 23.3. The van der Waals surface area contributed by atoms with Gasteiger partial charge in [0.1, 0.15) is 18.9 Å². The third-order valence-corrected chi connectivity index (χ3v) is 2.53. The molecule has 9 heteroatoms. The third-order valence-electron chi connectivity index (χ3n) is 2.53. The number of rotatable bonds is 5. The standard InChI is InChI=1S/C10H12N6O3/c1-14(5-8-2-11-12-3-8)10(17)7-15-6-9(4-13-15)16(18)19/h2-4,6H,5,7H2,1H3,(H,11,12). The molecule has 9 nitrogen and oxygen atoms in total. The van der Waals surface area contributed by atoms with E-state index in [1.165, 1.54) is 15.8 Å². The van der Waals surface area contributed by atoms with Gasteiger partial charge in [0, 0.05) is 25.4 Å². The van der Waals surface area contributed by atoms with Gasteiger partial charge < -0.3 is 4.90 Å². The number of hydrogen-bond donors (Lipinski definition) is 1. The molecule has 0 aliphatic carbocycles. The second-order valence-electron chi connectivity index (χ2n) is 4.01. The zero-order valence-electron chi connectivity index (χ0n) is 10.2. The maximum Gasteiger partial charge on any atom is 0.307 e. The Bertz CT molecular complexity index is 576. The molecule has 0 saturated carbocycles. The second-order valence-corrected chi connectivity index (χ2v) is 4.01. The summed E-state index contributed by atoms with van der Waals surface area (Å²) in [5, 5.41) is 20.7. The number of nitrogens with zero attached hydrogens (tertiary/aromatic N) is 5. The first kappa shape index (κ1) is 12.7. The topological polar surface area (TPSA) is 110 Å². The van der Waals surface area contributed by atoms with E-state index in [2.05, 4.69) is 15.3 Å². The van der Waals surface area contributed by atoms with Gasteiger partial charge in [-0.25, -0.2) is 0 Å². The van der Waals surface area contributed by atoms with E-state index in [1.807, 2.05) is 0 Å². The molecule has 1 amide bonds. The largest absolute Gasteiger partial charge is 0.340 e. The van der Waals surface area contributed by atoms with E-state index in [9.17, 15) is 14.9 Å². The van der Waals surface area contributed by atoms with Gasteiger partial charge in [0.25, 0.3) is 0 Å². The van der Waals surface area contributed by atoms with Crippen LogP contribution in [0.1, 0.15) is 5.56 Å². The average molecular weight is 264 g/mol. The molecule has 0 spiro atoms. The number of likely N-dealkylation sites (N-methyl/N-ethyl adjacent to an activating group) is 1. The van der Waals surface area contributed by atoms with Crippen molar-refractivity contribution in [3.05, 3.63) is 40.5 Å². The molecule has 19 heavy (non-hydrogen) atoms. The molecule has 2 aromatic heterocycles. The van der Waals surface area contributed by atoms with Crippen molar-refractivity contribution in [2.45, 2.75) is 13.1 Å². The molecular weight excluding hydrogens is 252 g/mol. The normalized spacial score (nSPS) is 10.4. The quantitative estimate of drug-likeness (QED) is 0.611. The first-order chi connectivity index (χ1) is 9.06. The van der Waals surface area contributed by atoms with Crippen molar-refractivity contribution in [2.24, 2.45) is 0 Å². The van der Waals surface area contributed by atoms with Crippen LogP contribution >= 0.6 is 0 Å². The van der Waals surface area contributed by atoms with Crippen molar-refractivity contribution < 1.29 is 9.72 Å². The number of amides is 1. The minimum Gasteiger partial charge on any atom is -0.340 e. The Balaban J connectivity index is 1.94. The molecule has 100 valence electrons. The second kappa shape index (κ2) is 5.29. The molecule has 1 N–H and O–H groups in total. The maximum absolute atomic E-state index is 11.9. The Kier molecular flexibility index (Phi) is 3.55. The fraction of sp³-hybridized carbons (Fsp3) is 0.300. The Hall–Kier alpha value is -2.71. The summed E-state index contributed by atoms with van der Waals surface area (Å²) in [5.41, 5.74) is 0.743. The number of aromatic amines is 1. The highest BCUT2D eigenvalue weighted by Gasteiger charge is 2.14. The number of H-pyrrole nitrogens is 1. The van der Waals surface area contributed by atoms with E-state index in [4.69, 9.17) is 0 Å². The highest BCUT2D eigenvalue weighted by atomic mass is 16.6. The van der Waals surface area contributed by atoms with Crippen molar-refractivity contribution in [3.8, 4) is 0 Å². The zero-order valence-corrected chi connectivity index (χ0v) is 10.2. The molecule has 0 unspecified atom stereocenters. The number of carbonyl (C=O) groups is 1. The van der Waals surface area contributed by atoms with Crippen molar-refractivity contribution in [2.75, 3.05) is 7.05 Å². The van der Waals surface area contributed by atoms with Gasteiger partial charge in [-0.3, -0.25) is 24.7 Å². The predicted molar refractivity (Wildman–Crippen MR) is 63.9 cm³/mol. The Labute approximate surface area is 108 Å². The summed E-state index contributed by atoms with van der Waals surface area (Å²) in [5.74, 6) is -0.195. The predicted octanol–water partition coefficient (Wildman–Crippen LogP) is 0.173. The first-order valence-electron chi connectivity index (χ1n) is 5.44. The lowest BCUT2D eigenvalue weighted by Gasteiger charge is -2.15. The fourth-order valence-electron chi connectivity index (χ4n) is 1.52. The van der Waals surface area contributed by atoms with Gasteiger partial charge in [-0.05, 0) is 0 Å². The van der Waals surface area contributed by atoms with Gasteiger partial charge in [-0.2, -0.15) is 10.2 Å². The van der Waals surface area contributed by atoms with E-state index >= 15 is 0 Å². The lowest BCUT2D eigenvalue weighted by molar-refractivity contribution is -0.385. The van der Waals surface area contributed by atoms with Gasteiger partial charge in [0.15, 0.2) is 0 Å². The van der Waals surface area contributed by atoms with Crippen molar-refractivity contribution in [1.29, 1.82) is 0 Å². The van der Waals surface area contributed by atoms with Gasteiger partial charge in [-0.15, -0.1) is 0 Å². The summed E-state index contributed by atoms with van der Waals surface area (Å²) >= 11 is 0. The highest BCUT2D eigenvalue weighted by Crippen LogP contribution is 2.08. The number of nitro groups is 1.